The fourth-order valence-electron chi connectivity index (χ4n) is 1.01. The van der Waals surface area contributed by atoms with Gasteiger partial charge in [-0.2, -0.15) is 0 Å². The molecule has 0 radical (unpaired) electrons. The number of rotatable bonds is 6. The van der Waals surface area contributed by atoms with E-state index in [0.717, 1.165) is 19.3 Å². The molecule has 1 amide bonds. The van der Waals surface area contributed by atoms with Crippen molar-refractivity contribution in [1.82, 2.24) is 5.32 Å². The minimum absolute atomic E-state index is 0.0221. The van der Waals surface area contributed by atoms with E-state index >= 15 is 0 Å². The second-order valence-corrected chi connectivity index (χ2v) is 3.27. The molecule has 0 aromatic heterocycles. The number of carbonyl (C=O) groups excluding carboxylic acids is 1. The van der Waals surface area contributed by atoms with E-state index in [2.05, 4.69) is 17.4 Å². The lowest BCUT2D eigenvalue weighted by Crippen LogP contribution is -2.42. The van der Waals surface area contributed by atoms with Gasteiger partial charge >= 0.3 is 0 Å². The lowest BCUT2D eigenvalue weighted by molar-refractivity contribution is -0.121. The van der Waals surface area contributed by atoms with Crippen LogP contribution in [0.25, 0.3) is 0 Å². The largest absolute Gasteiger partial charge is 0.409 e. The van der Waals surface area contributed by atoms with Crippen LogP contribution in [0.1, 0.15) is 39.5 Å². The van der Waals surface area contributed by atoms with Crippen molar-refractivity contribution in [3.05, 3.63) is 0 Å². The average molecular weight is 201 g/mol. The number of nitrogens with one attached hydrogen (secondary N) is 1. The van der Waals surface area contributed by atoms with Gasteiger partial charge in [-0.3, -0.25) is 4.79 Å². The monoisotopic (exact) mass is 201 g/mol. The Morgan fingerprint density at radius 3 is 2.71 bits per heavy atom. The highest BCUT2D eigenvalue weighted by atomic mass is 16.4. The Labute approximate surface area is 84.4 Å². The molecule has 1 atom stereocenters. The van der Waals surface area contributed by atoms with Crippen LogP contribution in [-0.2, 0) is 4.79 Å². The number of hydrogen-bond donors (Lipinski definition) is 3. The summed E-state index contributed by atoms with van der Waals surface area (Å²) in [5, 5.41) is 13.8. The Kier molecular flexibility index (Phi) is 6.53. The zero-order chi connectivity index (χ0) is 11.0. The van der Waals surface area contributed by atoms with Crippen LogP contribution in [0.5, 0.6) is 0 Å². The molecule has 82 valence electrons. The van der Waals surface area contributed by atoms with Crippen molar-refractivity contribution in [2.75, 3.05) is 0 Å². The van der Waals surface area contributed by atoms with Crippen molar-refractivity contribution in [2.45, 2.75) is 45.6 Å². The first-order valence-corrected chi connectivity index (χ1v) is 4.88. The molecule has 0 saturated heterocycles. The predicted octanol–water partition coefficient (Wildman–Crippen LogP) is 0.818. The zero-order valence-corrected chi connectivity index (χ0v) is 8.79. The standard InChI is InChI=1S/C9H19N3O2/c1-3-4-5-6-8(13)11-7(2)9(10)12-14/h7,14H,3-6H2,1-2H3,(H2,10,12)(H,11,13). The van der Waals surface area contributed by atoms with Gasteiger partial charge in [0.2, 0.25) is 5.91 Å². The van der Waals surface area contributed by atoms with Gasteiger partial charge in [0, 0.05) is 6.42 Å². The quantitative estimate of drug-likeness (QED) is 0.195. The Bertz CT molecular complexity index is 204. The molecule has 0 spiro atoms. The highest BCUT2D eigenvalue weighted by molar-refractivity contribution is 5.89. The van der Waals surface area contributed by atoms with Gasteiger partial charge in [0.15, 0.2) is 5.84 Å². The molecule has 0 aromatic rings. The van der Waals surface area contributed by atoms with Crippen LogP contribution in [0.2, 0.25) is 0 Å². The van der Waals surface area contributed by atoms with E-state index in [4.69, 9.17) is 10.9 Å². The summed E-state index contributed by atoms with van der Waals surface area (Å²) < 4.78 is 0. The van der Waals surface area contributed by atoms with Gasteiger partial charge in [0.1, 0.15) is 0 Å². The molecule has 5 nitrogen and oxygen atoms in total. The predicted molar refractivity (Wildman–Crippen MR) is 55.2 cm³/mol. The van der Waals surface area contributed by atoms with Gasteiger partial charge < -0.3 is 16.3 Å². The molecule has 0 heterocycles. The van der Waals surface area contributed by atoms with Crippen LogP contribution in [0.3, 0.4) is 0 Å². The minimum atomic E-state index is -0.408. The molecule has 1 unspecified atom stereocenters. The van der Waals surface area contributed by atoms with Gasteiger partial charge in [0.05, 0.1) is 6.04 Å². The normalized spacial score (nSPS) is 13.7. The van der Waals surface area contributed by atoms with Crippen LogP contribution in [0.15, 0.2) is 5.16 Å². The van der Waals surface area contributed by atoms with Gasteiger partial charge in [-0.05, 0) is 13.3 Å². The maximum atomic E-state index is 11.2. The van der Waals surface area contributed by atoms with E-state index < -0.39 is 6.04 Å². The van der Waals surface area contributed by atoms with Crippen molar-refractivity contribution in [1.29, 1.82) is 0 Å². The van der Waals surface area contributed by atoms with Crippen molar-refractivity contribution in [3.8, 4) is 0 Å². The lowest BCUT2D eigenvalue weighted by atomic mass is 10.2. The Hall–Kier alpha value is -1.26. The molecule has 0 aliphatic rings. The first-order valence-electron chi connectivity index (χ1n) is 4.88. The van der Waals surface area contributed by atoms with Crippen LogP contribution < -0.4 is 11.1 Å². The molecule has 5 heteroatoms. The van der Waals surface area contributed by atoms with Crippen LogP contribution in [-0.4, -0.2) is 23.0 Å². The highest BCUT2D eigenvalue weighted by Crippen LogP contribution is 1.98. The number of oxime groups is 1. The summed E-state index contributed by atoms with van der Waals surface area (Å²) in [4.78, 5) is 11.2. The fourth-order valence-corrected chi connectivity index (χ4v) is 1.01. The summed E-state index contributed by atoms with van der Waals surface area (Å²) >= 11 is 0. The summed E-state index contributed by atoms with van der Waals surface area (Å²) in [6.45, 7) is 3.75. The van der Waals surface area contributed by atoms with Crippen molar-refractivity contribution >= 4 is 11.7 Å². The average Bonchev–Trinajstić information content (AvgIpc) is 2.16. The van der Waals surface area contributed by atoms with E-state index in [0.29, 0.717) is 6.42 Å². The van der Waals surface area contributed by atoms with Crippen molar-refractivity contribution < 1.29 is 10.0 Å². The van der Waals surface area contributed by atoms with Crippen molar-refractivity contribution in [2.24, 2.45) is 10.9 Å². The minimum Gasteiger partial charge on any atom is -0.409 e. The van der Waals surface area contributed by atoms with Crippen molar-refractivity contribution in [3.63, 3.8) is 0 Å². The number of hydrogen-bond acceptors (Lipinski definition) is 3. The van der Waals surface area contributed by atoms with Gasteiger partial charge in [-0.15, -0.1) is 0 Å². The zero-order valence-electron chi connectivity index (χ0n) is 8.79. The Balaban J connectivity index is 3.71. The number of amides is 1. The van der Waals surface area contributed by atoms with E-state index in [1.165, 1.54) is 0 Å². The lowest BCUT2D eigenvalue weighted by Gasteiger charge is -2.11. The third-order valence-electron chi connectivity index (χ3n) is 1.94. The number of amidine groups is 1. The molecule has 0 rings (SSSR count). The summed E-state index contributed by atoms with van der Waals surface area (Å²) in [6, 6.07) is -0.408. The first-order chi connectivity index (χ1) is 6.61. The third-order valence-corrected chi connectivity index (χ3v) is 1.94. The molecule has 0 saturated carbocycles. The molecular formula is C9H19N3O2. The molecule has 0 aliphatic heterocycles. The summed E-state index contributed by atoms with van der Waals surface area (Å²) in [5.41, 5.74) is 5.30. The molecule has 0 bridgehead atoms. The first kappa shape index (κ1) is 12.7. The highest BCUT2D eigenvalue weighted by Gasteiger charge is 2.10. The van der Waals surface area contributed by atoms with Gasteiger partial charge in [0.25, 0.3) is 0 Å². The van der Waals surface area contributed by atoms with E-state index in [-0.39, 0.29) is 11.7 Å². The molecule has 4 N–H and O–H groups in total. The van der Waals surface area contributed by atoms with Crippen LogP contribution >= 0.6 is 0 Å². The SMILES string of the molecule is CCCCCC(=O)NC(C)/C(N)=N/O. The Morgan fingerprint density at radius 2 is 2.21 bits per heavy atom. The summed E-state index contributed by atoms with van der Waals surface area (Å²) in [6.07, 6.45) is 3.51. The number of unbranched alkanes of at least 4 members (excludes halogenated alkanes) is 2. The second kappa shape index (κ2) is 7.17. The van der Waals surface area contributed by atoms with E-state index in [9.17, 15) is 4.79 Å². The fraction of sp³-hybridized carbons (Fsp3) is 0.778. The smallest absolute Gasteiger partial charge is 0.220 e. The summed E-state index contributed by atoms with van der Waals surface area (Å²) in [7, 11) is 0. The second-order valence-electron chi connectivity index (χ2n) is 3.27. The van der Waals surface area contributed by atoms with Gasteiger partial charge in [-0.25, -0.2) is 0 Å². The van der Waals surface area contributed by atoms with E-state index in [1.807, 2.05) is 0 Å². The van der Waals surface area contributed by atoms with Crippen LogP contribution in [0.4, 0.5) is 0 Å². The van der Waals surface area contributed by atoms with Gasteiger partial charge in [-0.1, -0.05) is 24.9 Å². The maximum absolute atomic E-state index is 11.2. The maximum Gasteiger partial charge on any atom is 0.220 e. The molecule has 0 fully saturated rings. The number of carbonyl (C=O) groups is 1. The molecule has 0 aromatic carbocycles. The molecule has 14 heavy (non-hydrogen) atoms. The van der Waals surface area contributed by atoms with E-state index in [1.54, 1.807) is 6.92 Å². The summed E-state index contributed by atoms with van der Waals surface area (Å²) in [5.74, 6) is -0.0357. The number of nitrogens with two attached hydrogens (primary N) is 1. The number of nitrogens with zero attached hydrogens (tertiary/aromatic N) is 1. The Morgan fingerprint density at radius 1 is 1.57 bits per heavy atom. The van der Waals surface area contributed by atoms with Crippen LogP contribution in [0, 0.1) is 0 Å². The molecular weight excluding hydrogens is 182 g/mol. The molecule has 0 aliphatic carbocycles. The topological polar surface area (TPSA) is 87.7 Å². The third kappa shape index (κ3) is 5.40.